The van der Waals surface area contributed by atoms with Crippen molar-refractivity contribution in [3.8, 4) is 11.3 Å². The van der Waals surface area contributed by atoms with Crippen LogP contribution in [-0.2, 0) is 11.3 Å². The molecule has 0 spiro atoms. The van der Waals surface area contributed by atoms with Crippen LogP contribution in [0.2, 0.25) is 0 Å². The molecule has 0 saturated carbocycles. The Bertz CT molecular complexity index is 838. The third-order valence-corrected chi connectivity index (χ3v) is 5.50. The number of nitrogens with zero attached hydrogens (tertiary/aromatic N) is 2. The second kappa shape index (κ2) is 7.85. The monoisotopic (exact) mass is 367 g/mol. The zero-order chi connectivity index (χ0) is 17.8. The summed E-state index contributed by atoms with van der Waals surface area (Å²) in [5.41, 5.74) is 1.78. The number of likely N-dealkylation sites (tertiary alicyclic amines) is 1. The summed E-state index contributed by atoms with van der Waals surface area (Å²) in [5, 5.41) is 6.21. The van der Waals surface area contributed by atoms with E-state index in [2.05, 4.69) is 15.2 Å². The van der Waals surface area contributed by atoms with Crippen LogP contribution in [0.3, 0.4) is 0 Å². The summed E-state index contributed by atoms with van der Waals surface area (Å²) in [6.07, 6.45) is 5.27. The average Bonchev–Trinajstić information content (AvgIpc) is 3.37. The smallest absolute Gasteiger partial charge is 0.227 e. The maximum absolute atomic E-state index is 12.6. The van der Waals surface area contributed by atoms with Crippen LogP contribution in [0, 0.1) is 5.92 Å². The van der Waals surface area contributed by atoms with Gasteiger partial charge in [0.2, 0.25) is 5.91 Å². The molecule has 3 heterocycles. The highest BCUT2D eigenvalue weighted by atomic mass is 32.1. The van der Waals surface area contributed by atoms with E-state index < -0.39 is 0 Å². The number of carbonyl (C=O) groups is 1. The van der Waals surface area contributed by atoms with Gasteiger partial charge in [-0.15, -0.1) is 11.3 Å². The molecule has 134 valence electrons. The van der Waals surface area contributed by atoms with E-state index in [1.807, 2.05) is 48.0 Å². The van der Waals surface area contributed by atoms with Crippen molar-refractivity contribution in [1.82, 2.24) is 9.88 Å². The highest BCUT2D eigenvalue weighted by molar-refractivity contribution is 7.09. The third-order valence-electron chi connectivity index (χ3n) is 4.74. The van der Waals surface area contributed by atoms with Gasteiger partial charge >= 0.3 is 0 Å². The number of hydrogen-bond acceptors (Lipinski definition) is 5. The summed E-state index contributed by atoms with van der Waals surface area (Å²) in [5.74, 6) is 0.974. The van der Waals surface area contributed by atoms with Crippen LogP contribution in [0.4, 0.5) is 5.69 Å². The van der Waals surface area contributed by atoms with Crippen molar-refractivity contribution in [2.45, 2.75) is 19.4 Å². The molecule has 2 aromatic heterocycles. The number of rotatable bonds is 5. The number of anilines is 1. The molecule has 3 aromatic rings. The zero-order valence-corrected chi connectivity index (χ0v) is 15.2. The van der Waals surface area contributed by atoms with Crippen LogP contribution >= 0.6 is 11.3 Å². The summed E-state index contributed by atoms with van der Waals surface area (Å²) in [6.45, 7) is 2.76. The number of amides is 1. The Morgan fingerprint density at radius 1 is 1.27 bits per heavy atom. The molecule has 0 unspecified atom stereocenters. The van der Waals surface area contributed by atoms with Crippen molar-refractivity contribution in [3.63, 3.8) is 0 Å². The van der Waals surface area contributed by atoms with Crippen molar-refractivity contribution in [2.24, 2.45) is 5.92 Å². The van der Waals surface area contributed by atoms with E-state index in [0.717, 1.165) is 54.5 Å². The van der Waals surface area contributed by atoms with E-state index >= 15 is 0 Å². The van der Waals surface area contributed by atoms with Gasteiger partial charge in [0.25, 0.3) is 0 Å². The number of hydrogen-bond donors (Lipinski definition) is 1. The van der Waals surface area contributed by atoms with E-state index in [4.69, 9.17) is 4.42 Å². The molecule has 4 rings (SSSR count). The van der Waals surface area contributed by atoms with Gasteiger partial charge in [-0.1, -0.05) is 12.1 Å². The lowest BCUT2D eigenvalue weighted by molar-refractivity contribution is -0.121. The molecule has 1 amide bonds. The molecule has 6 heteroatoms. The van der Waals surface area contributed by atoms with Gasteiger partial charge in [-0.3, -0.25) is 9.69 Å². The topological polar surface area (TPSA) is 58.4 Å². The van der Waals surface area contributed by atoms with Gasteiger partial charge in [-0.05, 0) is 50.2 Å². The van der Waals surface area contributed by atoms with Crippen LogP contribution in [0.15, 0.2) is 58.7 Å². The second-order valence-electron chi connectivity index (χ2n) is 6.52. The van der Waals surface area contributed by atoms with Crippen LogP contribution in [0.25, 0.3) is 11.3 Å². The Labute approximate surface area is 156 Å². The maximum Gasteiger partial charge on any atom is 0.227 e. The van der Waals surface area contributed by atoms with Gasteiger partial charge in [0, 0.05) is 28.7 Å². The Balaban J connectivity index is 1.32. The summed E-state index contributed by atoms with van der Waals surface area (Å²) in [7, 11) is 0. The molecule has 1 N–H and O–H groups in total. The molecule has 1 aliphatic rings. The highest BCUT2D eigenvalue weighted by Crippen LogP contribution is 2.25. The Hall–Kier alpha value is -2.44. The Morgan fingerprint density at radius 2 is 2.15 bits per heavy atom. The normalized spacial score (nSPS) is 15.8. The van der Waals surface area contributed by atoms with E-state index in [-0.39, 0.29) is 11.8 Å². The lowest BCUT2D eigenvalue weighted by atomic mass is 9.95. The number of thiazole rings is 1. The van der Waals surface area contributed by atoms with Gasteiger partial charge in [-0.2, -0.15) is 0 Å². The van der Waals surface area contributed by atoms with Gasteiger partial charge in [0.1, 0.15) is 10.8 Å². The summed E-state index contributed by atoms with van der Waals surface area (Å²) in [4.78, 5) is 19.3. The molecule has 26 heavy (non-hydrogen) atoms. The van der Waals surface area contributed by atoms with E-state index in [9.17, 15) is 4.79 Å². The second-order valence-corrected chi connectivity index (χ2v) is 7.50. The first-order valence-corrected chi connectivity index (χ1v) is 9.71. The fourth-order valence-corrected chi connectivity index (χ4v) is 3.97. The molecular formula is C20H21N3O2S. The first kappa shape index (κ1) is 17.0. The predicted molar refractivity (Wildman–Crippen MR) is 103 cm³/mol. The number of piperidine rings is 1. The van der Waals surface area contributed by atoms with Crippen molar-refractivity contribution in [2.75, 3.05) is 18.4 Å². The number of benzene rings is 1. The van der Waals surface area contributed by atoms with Gasteiger partial charge in [0.05, 0.1) is 12.8 Å². The minimum atomic E-state index is 0.0646. The van der Waals surface area contributed by atoms with Crippen molar-refractivity contribution >= 4 is 22.9 Å². The van der Waals surface area contributed by atoms with Crippen molar-refractivity contribution in [3.05, 3.63) is 59.2 Å². The molecule has 1 aliphatic heterocycles. The number of aromatic nitrogens is 1. The largest absolute Gasteiger partial charge is 0.464 e. The Kier molecular flexibility index (Phi) is 5.13. The van der Waals surface area contributed by atoms with Crippen LogP contribution in [0.5, 0.6) is 0 Å². The van der Waals surface area contributed by atoms with Gasteiger partial charge in [0.15, 0.2) is 0 Å². The predicted octanol–water partition coefficient (Wildman–Crippen LogP) is 4.25. The standard InChI is InChI=1S/C20H21N3O2S/c24-20(15-6-9-23(10-7-15)14-19-21-8-12-26-19)22-17-4-1-3-16(13-17)18-5-2-11-25-18/h1-5,8,11-13,15H,6-7,9-10,14H2,(H,22,24). The van der Waals surface area contributed by atoms with Gasteiger partial charge in [-0.25, -0.2) is 4.98 Å². The van der Waals surface area contributed by atoms with E-state index in [0.29, 0.717) is 0 Å². The average molecular weight is 367 g/mol. The Morgan fingerprint density at radius 3 is 2.88 bits per heavy atom. The minimum Gasteiger partial charge on any atom is -0.464 e. The van der Waals surface area contributed by atoms with Crippen LogP contribution in [0.1, 0.15) is 17.8 Å². The van der Waals surface area contributed by atoms with Crippen LogP contribution < -0.4 is 5.32 Å². The molecule has 0 radical (unpaired) electrons. The molecule has 1 saturated heterocycles. The summed E-state index contributed by atoms with van der Waals surface area (Å²) in [6, 6.07) is 11.6. The molecule has 0 bridgehead atoms. The van der Waals surface area contributed by atoms with Crippen molar-refractivity contribution in [1.29, 1.82) is 0 Å². The van der Waals surface area contributed by atoms with Crippen molar-refractivity contribution < 1.29 is 9.21 Å². The highest BCUT2D eigenvalue weighted by Gasteiger charge is 2.25. The number of nitrogens with one attached hydrogen (secondary N) is 1. The summed E-state index contributed by atoms with van der Waals surface area (Å²) < 4.78 is 5.43. The van der Waals surface area contributed by atoms with Gasteiger partial charge < -0.3 is 9.73 Å². The van der Waals surface area contributed by atoms with E-state index in [1.165, 1.54) is 0 Å². The molecular weight excluding hydrogens is 346 g/mol. The zero-order valence-electron chi connectivity index (χ0n) is 14.4. The fraction of sp³-hybridized carbons (Fsp3) is 0.300. The first-order chi connectivity index (χ1) is 12.8. The molecule has 5 nitrogen and oxygen atoms in total. The SMILES string of the molecule is O=C(Nc1cccc(-c2ccco2)c1)C1CCN(Cc2nccs2)CC1. The maximum atomic E-state index is 12.6. The third kappa shape index (κ3) is 4.03. The first-order valence-electron chi connectivity index (χ1n) is 8.83. The molecule has 1 fully saturated rings. The minimum absolute atomic E-state index is 0.0646. The fourth-order valence-electron chi connectivity index (χ4n) is 3.31. The van der Waals surface area contributed by atoms with Crippen LogP contribution in [-0.4, -0.2) is 28.9 Å². The summed E-state index contributed by atoms with van der Waals surface area (Å²) >= 11 is 1.69. The quantitative estimate of drug-likeness (QED) is 0.732. The molecule has 0 atom stereocenters. The number of furan rings is 1. The lowest BCUT2D eigenvalue weighted by Gasteiger charge is -2.30. The molecule has 0 aliphatic carbocycles. The van der Waals surface area contributed by atoms with E-state index in [1.54, 1.807) is 17.6 Å². The number of carbonyl (C=O) groups excluding carboxylic acids is 1. The lowest BCUT2D eigenvalue weighted by Crippen LogP contribution is -2.37. The molecule has 1 aromatic carbocycles.